The Labute approximate surface area is 274 Å². The first kappa shape index (κ1) is 32.7. The molecule has 1 aliphatic heterocycles. The molecule has 13 nitrogen and oxygen atoms in total. The molecule has 1 heterocycles. The summed E-state index contributed by atoms with van der Waals surface area (Å²) in [6.45, 7) is 1.48. The summed E-state index contributed by atoms with van der Waals surface area (Å²) in [5, 5.41) is 13.8. The number of ether oxygens (including phenoxy) is 7. The molecule has 5 aliphatic carbocycles. The van der Waals surface area contributed by atoms with Crippen molar-refractivity contribution in [3.05, 3.63) is 29.8 Å². The van der Waals surface area contributed by atoms with Crippen LogP contribution in [0.2, 0.25) is 0 Å². The number of likely N-dealkylation sites (tertiary alicyclic amines) is 1. The maximum Gasteiger partial charge on any atom is 0.340 e. The van der Waals surface area contributed by atoms with Crippen LogP contribution in [-0.4, -0.2) is 125 Å². The van der Waals surface area contributed by atoms with Crippen LogP contribution in [0.5, 0.6) is 0 Å². The summed E-state index contributed by atoms with van der Waals surface area (Å²) in [4.78, 5) is 41.2. The third-order valence-corrected chi connectivity index (χ3v) is 13.3. The van der Waals surface area contributed by atoms with E-state index in [0.29, 0.717) is 24.9 Å². The number of methoxy groups -OCH3 is 5. The molecule has 14 atom stereocenters. The summed E-state index contributed by atoms with van der Waals surface area (Å²) in [7, 11) is 7.90. The van der Waals surface area contributed by atoms with Gasteiger partial charge in [0.1, 0.15) is 17.3 Å². The minimum Gasteiger partial charge on any atom is -0.461 e. The molecule has 0 aromatic heterocycles. The number of amides is 1. The number of benzene rings is 1. The number of carbonyl (C=O) groups excluding carboxylic acids is 3. The quantitative estimate of drug-likeness (QED) is 0.209. The third-order valence-electron chi connectivity index (χ3n) is 13.3. The molecule has 7 bridgehead atoms. The van der Waals surface area contributed by atoms with Crippen LogP contribution in [-0.2, 0) is 42.7 Å². The van der Waals surface area contributed by atoms with Gasteiger partial charge in [-0.25, -0.2) is 4.79 Å². The molecule has 7 rings (SSSR count). The first-order chi connectivity index (χ1) is 22.5. The van der Waals surface area contributed by atoms with Crippen molar-refractivity contribution in [1.29, 1.82) is 0 Å². The van der Waals surface area contributed by atoms with E-state index < -0.39 is 82.4 Å². The number of anilines is 1. The van der Waals surface area contributed by atoms with Gasteiger partial charge in [-0.15, -0.1) is 0 Å². The molecule has 47 heavy (non-hydrogen) atoms. The largest absolute Gasteiger partial charge is 0.461 e. The van der Waals surface area contributed by atoms with Gasteiger partial charge in [0.25, 0.3) is 0 Å². The summed E-state index contributed by atoms with van der Waals surface area (Å²) < 4.78 is 44.0. The Morgan fingerprint density at radius 2 is 1.77 bits per heavy atom. The maximum atomic E-state index is 13.8. The van der Waals surface area contributed by atoms with Crippen molar-refractivity contribution in [3.8, 4) is 0 Å². The lowest BCUT2D eigenvalue weighted by Gasteiger charge is -2.70. The molecule has 3 N–H and O–H groups in total. The highest BCUT2D eigenvalue weighted by Gasteiger charge is 2.94. The second kappa shape index (κ2) is 11.1. The van der Waals surface area contributed by atoms with Gasteiger partial charge in [-0.05, 0) is 37.3 Å². The first-order valence-electron chi connectivity index (χ1n) is 16.3. The zero-order chi connectivity index (χ0) is 33.7. The van der Waals surface area contributed by atoms with Crippen LogP contribution in [0.3, 0.4) is 0 Å². The lowest BCUT2D eigenvalue weighted by molar-refractivity contribution is -0.350. The minimum atomic E-state index is -1.94. The van der Waals surface area contributed by atoms with Crippen LogP contribution in [0, 0.1) is 34.5 Å². The predicted molar refractivity (Wildman–Crippen MR) is 164 cm³/mol. The maximum absolute atomic E-state index is 13.8. The molecule has 1 aromatic carbocycles. The van der Waals surface area contributed by atoms with Gasteiger partial charge in [0.15, 0.2) is 6.10 Å². The fourth-order valence-corrected chi connectivity index (χ4v) is 12.4. The number of rotatable bonds is 10. The van der Waals surface area contributed by atoms with E-state index in [1.807, 2.05) is 0 Å². The summed E-state index contributed by atoms with van der Waals surface area (Å²) >= 11 is 0. The number of fused-ring (bicyclic) bond motifs is 2. The van der Waals surface area contributed by atoms with E-state index in [-0.39, 0.29) is 30.6 Å². The zero-order valence-electron chi connectivity index (χ0n) is 27.8. The van der Waals surface area contributed by atoms with Crippen LogP contribution in [0.25, 0.3) is 0 Å². The van der Waals surface area contributed by atoms with E-state index in [9.17, 15) is 19.5 Å². The lowest BCUT2D eigenvalue weighted by atomic mass is 9.42. The number of nitrogens with zero attached hydrogens (tertiary/aromatic N) is 1. The fraction of sp³-hybridized carbons (Fsp3) is 0.735. The van der Waals surface area contributed by atoms with E-state index in [4.69, 9.17) is 38.9 Å². The lowest BCUT2D eigenvalue weighted by Crippen LogP contribution is -2.85. The van der Waals surface area contributed by atoms with Crippen LogP contribution < -0.4 is 5.73 Å². The first-order valence-corrected chi connectivity index (χ1v) is 16.3. The molecule has 6 fully saturated rings. The predicted octanol–water partition coefficient (Wildman–Crippen LogP) is 1.05. The monoisotopic (exact) mass is 658 g/mol. The van der Waals surface area contributed by atoms with E-state index in [2.05, 4.69) is 0 Å². The summed E-state index contributed by atoms with van der Waals surface area (Å²) in [6.07, 6.45) is -1.05. The molecule has 4 unspecified atom stereocenters. The highest BCUT2D eigenvalue weighted by Crippen LogP contribution is 2.81. The van der Waals surface area contributed by atoms with Gasteiger partial charge >= 0.3 is 11.9 Å². The van der Waals surface area contributed by atoms with Crippen LogP contribution >= 0.6 is 0 Å². The van der Waals surface area contributed by atoms with Crippen LogP contribution in [0.4, 0.5) is 5.69 Å². The molecule has 0 radical (unpaired) electrons. The molecule has 258 valence electrons. The average Bonchev–Trinajstić information content (AvgIpc) is 3.46. The Hall–Kier alpha value is -2.81. The van der Waals surface area contributed by atoms with Crippen molar-refractivity contribution < 1.29 is 52.6 Å². The number of nitrogen functional groups attached to an aromatic ring is 1. The topological polar surface area (TPSA) is 165 Å². The van der Waals surface area contributed by atoms with Crippen molar-refractivity contribution in [3.63, 3.8) is 0 Å². The normalized spacial score (nSPS) is 47.0. The summed E-state index contributed by atoms with van der Waals surface area (Å²) in [5.74, 6) is -2.54. The SMILES string of the molecule is CO[C@@H]1[C@H]2CC3C([C@H]2OC)[C@](OC)([C@@H]1OC(C)=O)[C@@]1(O)C2N(C=O)C[C@]4(COC(=O)c5ccccc5N)CC[C@H](OC)[C@]32C4[C@@H]1OC. The second-order valence-electron chi connectivity index (χ2n) is 14.4. The van der Waals surface area contributed by atoms with Gasteiger partial charge in [-0.1, -0.05) is 12.1 Å². The van der Waals surface area contributed by atoms with Gasteiger partial charge in [-0.2, -0.15) is 0 Å². The molecule has 13 heteroatoms. The molecule has 6 aliphatic rings. The molecule has 1 aromatic rings. The number of aliphatic hydroxyl groups is 1. The highest BCUT2D eigenvalue weighted by atomic mass is 16.6. The number of piperidine rings is 1. The Morgan fingerprint density at radius 3 is 2.36 bits per heavy atom. The Morgan fingerprint density at radius 1 is 1.04 bits per heavy atom. The standard InChI is InChI=1S/C34H46N2O11/c1-17(38)47-27-25(43-4)19-13-20-23(24(19)42-3)34(27,45-6)33(40)28(44-5)26-31(15-46-29(39)18-9-7-8-10-21(18)35)12-11-22(41-2)32(20,26)30(33)36(14-31)16-37/h7-10,16,19-20,22-28,30,40H,11-15,35H2,1-6H3/t19-,20?,22-,23?,24-,25+,26?,27+,28-,30?,31-,32-,33-,34-/m0/s1. The molecule has 5 saturated carbocycles. The van der Waals surface area contributed by atoms with Crippen molar-refractivity contribution in [2.75, 3.05) is 54.4 Å². The highest BCUT2D eigenvalue weighted by molar-refractivity contribution is 5.95. The van der Waals surface area contributed by atoms with E-state index in [1.165, 1.54) is 21.1 Å². The third kappa shape index (κ3) is 3.68. The van der Waals surface area contributed by atoms with E-state index >= 15 is 0 Å². The van der Waals surface area contributed by atoms with Crippen molar-refractivity contribution in [1.82, 2.24) is 4.90 Å². The van der Waals surface area contributed by atoms with Gasteiger partial charge in [0.2, 0.25) is 6.41 Å². The Balaban J connectivity index is 1.47. The number of hydrogen-bond acceptors (Lipinski definition) is 12. The molecular weight excluding hydrogens is 612 g/mol. The number of hydrogen-bond donors (Lipinski definition) is 2. The minimum absolute atomic E-state index is 0.0431. The van der Waals surface area contributed by atoms with Crippen molar-refractivity contribution >= 4 is 24.0 Å². The van der Waals surface area contributed by atoms with Gasteiger partial charge in [0, 0.05) is 83.3 Å². The smallest absolute Gasteiger partial charge is 0.340 e. The molecular formula is C34H46N2O11. The van der Waals surface area contributed by atoms with Gasteiger partial charge in [-0.3, -0.25) is 9.59 Å². The van der Waals surface area contributed by atoms with Crippen LogP contribution in [0.1, 0.15) is 36.5 Å². The average molecular weight is 659 g/mol. The van der Waals surface area contributed by atoms with Crippen molar-refractivity contribution in [2.45, 2.75) is 73.9 Å². The second-order valence-corrected chi connectivity index (χ2v) is 14.4. The van der Waals surface area contributed by atoms with Crippen molar-refractivity contribution in [2.24, 2.45) is 34.5 Å². The number of esters is 2. The molecule has 1 spiro atoms. The Bertz CT molecular complexity index is 1440. The van der Waals surface area contributed by atoms with Gasteiger partial charge in [0.05, 0.1) is 36.5 Å². The molecule has 1 saturated heterocycles. The number of para-hydroxylation sites is 1. The number of nitrogens with two attached hydrogens (primary N) is 1. The summed E-state index contributed by atoms with van der Waals surface area (Å²) in [6, 6.07) is 5.87. The molecule has 1 amide bonds. The summed E-state index contributed by atoms with van der Waals surface area (Å²) in [5.41, 5.74) is 1.41. The van der Waals surface area contributed by atoms with Crippen LogP contribution in [0.15, 0.2) is 24.3 Å². The Kier molecular flexibility index (Phi) is 7.73. The zero-order valence-corrected chi connectivity index (χ0v) is 27.8. The van der Waals surface area contributed by atoms with E-state index in [1.54, 1.807) is 50.5 Å². The fourth-order valence-electron chi connectivity index (χ4n) is 12.4. The number of carbonyl (C=O) groups is 3. The van der Waals surface area contributed by atoms with Gasteiger partial charge < -0.3 is 48.9 Å². The van der Waals surface area contributed by atoms with E-state index in [0.717, 1.165) is 6.41 Å².